The Kier molecular flexibility index (Phi) is 6.76. The van der Waals surface area contributed by atoms with Crippen molar-refractivity contribution in [2.24, 2.45) is 0 Å². The normalized spacial score (nSPS) is 10.6. The molecule has 29 heavy (non-hydrogen) atoms. The third kappa shape index (κ3) is 5.30. The predicted molar refractivity (Wildman–Crippen MR) is 109 cm³/mol. The van der Waals surface area contributed by atoms with E-state index < -0.39 is 0 Å². The average Bonchev–Trinajstić information content (AvgIpc) is 3.20. The average molecular weight is 392 g/mol. The Hall–Kier alpha value is -3.45. The highest BCUT2D eigenvalue weighted by atomic mass is 16.5. The first-order valence-electron chi connectivity index (χ1n) is 9.29. The Labute approximate surface area is 169 Å². The van der Waals surface area contributed by atoms with Crippen LogP contribution in [0.4, 0.5) is 0 Å². The summed E-state index contributed by atoms with van der Waals surface area (Å²) in [5.74, 6) is -0.294. The minimum Gasteiger partial charge on any atom is -0.380 e. The molecule has 0 saturated carbocycles. The molecule has 7 heteroatoms. The number of aromatic nitrogens is 2. The number of imidazole rings is 1. The van der Waals surface area contributed by atoms with Gasteiger partial charge in [0.1, 0.15) is 0 Å². The minimum absolute atomic E-state index is 0.118. The molecule has 2 amide bonds. The van der Waals surface area contributed by atoms with Crippen molar-refractivity contribution in [3.8, 4) is 5.69 Å². The quantitative estimate of drug-likeness (QED) is 0.617. The zero-order chi connectivity index (χ0) is 20.6. The summed E-state index contributed by atoms with van der Waals surface area (Å²) in [6.45, 7) is 2.70. The summed E-state index contributed by atoms with van der Waals surface area (Å²) in [6, 6.07) is 15.2. The fourth-order valence-electron chi connectivity index (χ4n) is 2.99. The largest absolute Gasteiger partial charge is 0.380 e. The lowest BCUT2D eigenvalue weighted by Gasteiger charge is -2.12. The molecule has 2 N–H and O–H groups in total. The Morgan fingerprint density at radius 3 is 2.48 bits per heavy atom. The lowest BCUT2D eigenvalue weighted by molar-refractivity contribution is -0.119. The molecule has 1 aromatic heterocycles. The van der Waals surface area contributed by atoms with Gasteiger partial charge in [-0.2, -0.15) is 0 Å². The number of para-hydroxylation sites is 1. The van der Waals surface area contributed by atoms with Crippen LogP contribution in [0, 0.1) is 0 Å². The van der Waals surface area contributed by atoms with Crippen LogP contribution in [-0.2, 0) is 29.2 Å². The molecule has 0 aliphatic rings. The van der Waals surface area contributed by atoms with E-state index in [9.17, 15) is 9.59 Å². The SMILES string of the molecule is COCc1ccccc1CNC(=O)c1ccccc1-n1cnc(CNC(C)=O)c1. The molecule has 0 saturated heterocycles. The molecule has 2 aromatic carbocycles. The van der Waals surface area contributed by atoms with Crippen LogP contribution < -0.4 is 10.6 Å². The fourth-order valence-corrected chi connectivity index (χ4v) is 2.99. The number of ether oxygens (including phenoxy) is 1. The number of hydrogen-bond donors (Lipinski definition) is 2. The van der Waals surface area contributed by atoms with E-state index in [4.69, 9.17) is 4.74 Å². The lowest BCUT2D eigenvalue weighted by atomic mass is 10.1. The number of carbonyl (C=O) groups is 2. The molecule has 0 radical (unpaired) electrons. The van der Waals surface area contributed by atoms with Gasteiger partial charge >= 0.3 is 0 Å². The molecular formula is C22H24N4O3. The second-order valence-electron chi connectivity index (χ2n) is 6.58. The van der Waals surface area contributed by atoms with Gasteiger partial charge in [0.05, 0.1) is 36.4 Å². The van der Waals surface area contributed by atoms with Gasteiger partial charge in [0.15, 0.2) is 0 Å². The number of rotatable bonds is 8. The molecule has 1 heterocycles. The van der Waals surface area contributed by atoms with Crippen LogP contribution >= 0.6 is 0 Å². The van der Waals surface area contributed by atoms with Crippen LogP contribution in [-0.4, -0.2) is 28.5 Å². The highest BCUT2D eigenvalue weighted by Crippen LogP contribution is 2.16. The third-order valence-corrected chi connectivity index (χ3v) is 4.44. The van der Waals surface area contributed by atoms with Gasteiger partial charge in [0.2, 0.25) is 5.91 Å². The van der Waals surface area contributed by atoms with Gasteiger partial charge in [-0.05, 0) is 23.3 Å². The number of methoxy groups -OCH3 is 1. The third-order valence-electron chi connectivity index (χ3n) is 4.44. The van der Waals surface area contributed by atoms with Crippen LogP contribution in [0.5, 0.6) is 0 Å². The number of carbonyl (C=O) groups excluding carboxylic acids is 2. The fraction of sp³-hybridized carbons (Fsp3) is 0.227. The maximum absolute atomic E-state index is 12.9. The van der Waals surface area contributed by atoms with Gasteiger partial charge in [-0.15, -0.1) is 0 Å². The topological polar surface area (TPSA) is 85.2 Å². The molecule has 0 atom stereocenters. The van der Waals surface area contributed by atoms with Crippen LogP contribution in [0.1, 0.15) is 34.1 Å². The summed E-state index contributed by atoms with van der Waals surface area (Å²) in [4.78, 5) is 28.2. The maximum atomic E-state index is 12.9. The first kappa shape index (κ1) is 20.3. The van der Waals surface area contributed by atoms with Crippen molar-refractivity contribution in [1.82, 2.24) is 20.2 Å². The molecule has 0 aliphatic heterocycles. The first-order chi connectivity index (χ1) is 14.1. The summed E-state index contributed by atoms with van der Waals surface area (Å²) < 4.78 is 7.01. The van der Waals surface area contributed by atoms with Crippen molar-refractivity contribution in [2.45, 2.75) is 26.6 Å². The zero-order valence-corrected chi connectivity index (χ0v) is 16.5. The van der Waals surface area contributed by atoms with E-state index in [1.807, 2.05) is 42.5 Å². The van der Waals surface area contributed by atoms with E-state index in [1.165, 1.54) is 6.92 Å². The lowest BCUT2D eigenvalue weighted by Crippen LogP contribution is -2.24. The Morgan fingerprint density at radius 1 is 1.00 bits per heavy atom. The van der Waals surface area contributed by atoms with E-state index in [2.05, 4.69) is 15.6 Å². The van der Waals surface area contributed by atoms with Crippen LogP contribution in [0.15, 0.2) is 61.1 Å². The second-order valence-corrected chi connectivity index (χ2v) is 6.58. The Bertz CT molecular complexity index is 997. The first-order valence-corrected chi connectivity index (χ1v) is 9.29. The summed E-state index contributed by atoms with van der Waals surface area (Å²) >= 11 is 0. The Morgan fingerprint density at radius 2 is 1.72 bits per heavy atom. The van der Waals surface area contributed by atoms with Gasteiger partial charge in [0.25, 0.3) is 5.91 Å². The molecule has 150 valence electrons. The van der Waals surface area contributed by atoms with Crippen LogP contribution in [0.2, 0.25) is 0 Å². The van der Waals surface area contributed by atoms with Crippen LogP contribution in [0.25, 0.3) is 5.69 Å². The highest BCUT2D eigenvalue weighted by molar-refractivity contribution is 5.97. The summed E-state index contributed by atoms with van der Waals surface area (Å²) in [7, 11) is 1.65. The monoisotopic (exact) mass is 392 g/mol. The van der Waals surface area contributed by atoms with Crippen molar-refractivity contribution in [3.05, 3.63) is 83.4 Å². The highest BCUT2D eigenvalue weighted by Gasteiger charge is 2.13. The molecule has 3 aromatic rings. The number of hydrogen-bond acceptors (Lipinski definition) is 4. The maximum Gasteiger partial charge on any atom is 0.253 e. The molecule has 0 unspecified atom stereocenters. The molecule has 0 aliphatic carbocycles. The molecule has 0 spiro atoms. The molecule has 7 nitrogen and oxygen atoms in total. The van der Waals surface area contributed by atoms with E-state index in [0.29, 0.717) is 31.0 Å². The molecule has 3 rings (SSSR count). The number of nitrogens with zero attached hydrogens (tertiary/aromatic N) is 2. The van der Waals surface area contributed by atoms with Crippen molar-refractivity contribution in [1.29, 1.82) is 0 Å². The van der Waals surface area contributed by atoms with Gasteiger partial charge in [-0.25, -0.2) is 4.98 Å². The van der Waals surface area contributed by atoms with Crippen LogP contribution in [0.3, 0.4) is 0 Å². The van der Waals surface area contributed by atoms with Gasteiger partial charge in [0, 0.05) is 26.8 Å². The number of amides is 2. The van der Waals surface area contributed by atoms with Gasteiger partial charge < -0.3 is 19.9 Å². The van der Waals surface area contributed by atoms with E-state index in [0.717, 1.165) is 16.8 Å². The summed E-state index contributed by atoms with van der Waals surface area (Å²) in [6.07, 6.45) is 3.44. The van der Waals surface area contributed by atoms with Crippen molar-refractivity contribution >= 4 is 11.8 Å². The predicted octanol–water partition coefficient (Wildman–Crippen LogP) is 2.58. The van der Waals surface area contributed by atoms with E-state index in [1.54, 1.807) is 30.3 Å². The minimum atomic E-state index is -0.176. The standard InChI is InChI=1S/C22H24N4O3/c1-16(27)23-12-19-13-26(15-25-19)21-10-6-5-9-20(21)22(28)24-11-17-7-3-4-8-18(17)14-29-2/h3-10,13,15H,11-12,14H2,1-2H3,(H,23,27)(H,24,28). The second kappa shape index (κ2) is 9.66. The number of benzene rings is 2. The molecule has 0 bridgehead atoms. The molecular weight excluding hydrogens is 368 g/mol. The van der Waals surface area contributed by atoms with E-state index >= 15 is 0 Å². The van der Waals surface area contributed by atoms with Gasteiger partial charge in [-0.3, -0.25) is 9.59 Å². The van der Waals surface area contributed by atoms with E-state index in [-0.39, 0.29) is 11.8 Å². The van der Waals surface area contributed by atoms with Gasteiger partial charge in [-0.1, -0.05) is 36.4 Å². The van der Waals surface area contributed by atoms with Crippen molar-refractivity contribution < 1.29 is 14.3 Å². The zero-order valence-electron chi connectivity index (χ0n) is 16.5. The number of nitrogens with one attached hydrogen (secondary N) is 2. The summed E-state index contributed by atoms with van der Waals surface area (Å²) in [5, 5.41) is 5.70. The summed E-state index contributed by atoms with van der Waals surface area (Å²) in [5.41, 5.74) is 4.03. The van der Waals surface area contributed by atoms with Crippen molar-refractivity contribution in [3.63, 3.8) is 0 Å². The van der Waals surface area contributed by atoms with Crippen molar-refractivity contribution in [2.75, 3.05) is 7.11 Å². The smallest absolute Gasteiger partial charge is 0.253 e. The Balaban J connectivity index is 1.75. The molecule has 0 fully saturated rings.